The van der Waals surface area contributed by atoms with Crippen molar-refractivity contribution < 1.29 is 48.3 Å². The summed E-state index contributed by atoms with van der Waals surface area (Å²) in [5.74, 6) is -12.1. The predicted molar refractivity (Wildman–Crippen MR) is 134 cm³/mol. The van der Waals surface area contributed by atoms with Gasteiger partial charge in [-0.1, -0.05) is 0 Å². The Hall–Kier alpha value is -4.95. The van der Waals surface area contributed by atoms with Gasteiger partial charge in [0.15, 0.2) is 23.3 Å². The van der Waals surface area contributed by atoms with Gasteiger partial charge in [-0.05, 0) is 54.6 Å². The second-order valence-electron chi connectivity index (χ2n) is 9.33. The average molecular weight is 612 g/mol. The molecule has 0 radical (unpaired) electrons. The number of rotatable bonds is 1. The Bertz CT molecular complexity index is 2030. The molecule has 0 saturated heterocycles. The van der Waals surface area contributed by atoms with E-state index >= 15 is 0 Å². The summed E-state index contributed by atoms with van der Waals surface area (Å²) >= 11 is 0. The smallest absolute Gasteiger partial charge is 0.355 e. The molecule has 220 valence electrons. The van der Waals surface area contributed by atoms with E-state index in [2.05, 4.69) is 19.9 Å². The highest BCUT2D eigenvalue weighted by atomic mass is 19.4. The van der Waals surface area contributed by atoms with Crippen molar-refractivity contribution >= 4 is 46.4 Å². The molecule has 0 aliphatic carbocycles. The van der Waals surface area contributed by atoms with Crippen LogP contribution in [0.15, 0.2) is 30.3 Å². The number of hydrogen-bond acceptors (Lipinski definition) is 2. The number of hydrogen-bond donors (Lipinski definition) is 2. The number of aromatic nitrogens is 4. The average Bonchev–Trinajstić information content (AvgIpc) is 3.71. The number of fused-ring (bicyclic) bond motifs is 8. The quantitative estimate of drug-likeness (QED) is 0.111. The number of nitrogens with one attached hydrogen (secondary N) is 2. The molecule has 43 heavy (non-hydrogen) atoms. The van der Waals surface area contributed by atoms with Crippen molar-refractivity contribution in [3.63, 3.8) is 0 Å². The molecule has 0 atom stereocenters. The summed E-state index contributed by atoms with van der Waals surface area (Å²) < 4.78 is 158. The summed E-state index contributed by atoms with van der Waals surface area (Å²) in [5.41, 5.74) is -9.20. The van der Waals surface area contributed by atoms with Gasteiger partial charge in [0.05, 0.1) is 39.4 Å². The molecular formula is C28H11F11N4. The maximum atomic E-state index is 14.9. The maximum Gasteiger partial charge on any atom is 0.420 e. The predicted octanol–water partition coefficient (Wildman–Crippen LogP) is 9.06. The molecule has 0 saturated carbocycles. The largest absolute Gasteiger partial charge is 0.420 e. The number of nitrogens with zero attached hydrogens (tertiary/aromatic N) is 2. The number of benzene rings is 1. The minimum atomic E-state index is -5.30. The first-order valence-electron chi connectivity index (χ1n) is 11.9. The molecule has 0 unspecified atom stereocenters. The first-order valence-corrected chi connectivity index (χ1v) is 11.9. The monoisotopic (exact) mass is 612 g/mol. The Morgan fingerprint density at radius 2 is 1.05 bits per heavy atom. The van der Waals surface area contributed by atoms with Gasteiger partial charge in [-0.2, -0.15) is 26.3 Å². The highest BCUT2D eigenvalue weighted by Crippen LogP contribution is 2.42. The summed E-state index contributed by atoms with van der Waals surface area (Å²) in [5, 5.41) is 0. The molecule has 2 aliphatic heterocycles. The Kier molecular flexibility index (Phi) is 6.25. The molecule has 4 nitrogen and oxygen atoms in total. The van der Waals surface area contributed by atoms with E-state index in [1.165, 1.54) is 6.07 Å². The standard InChI is InChI=1S/C28H11F11N4/c29-21-18(22(30)24(32)25(33)23(21)31)14-9-13-8-12-2-5-16(41-12)19(27(34,35)36)15-4-1-10(40-15)7-11-3-6-17(42-11)20(26(14)43-13)28(37,38)39/h1-9,40,43H. The second kappa shape index (κ2) is 9.54. The van der Waals surface area contributed by atoms with E-state index < -0.39 is 91.6 Å². The summed E-state index contributed by atoms with van der Waals surface area (Å²) in [7, 11) is 0. The molecule has 0 spiro atoms. The third kappa shape index (κ3) is 4.73. The van der Waals surface area contributed by atoms with Crippen LogP contribution in [0.25, 0.3) is 57.5 Å². The Balaban J connectivity index is 1.83. The van der Waals surface area contributed by atoms with Gasteiger partial charge in [0.1, 0.15) is 11.1 Å². The Morgan fingerprint density at radius 3 is 1.60 bits per heavy atom. The molecule has 8 bridgehead atoms. The minimum absolute atomic E-state index is 0.0321. The lowest BCUT2D eigenvalue weighted by atomic mass is 10.0. The molecule has 3 aromatic heterocycles. The fourth-order valence-electron chi connectivity index (χ4n) is 4.80. The molecule has 6 rings (SSSR count). The second-order valence-corrected chi connectivity index (χ2v) is 9.33. The van der Waals surface area contributed by atoms with Crippen molar-refractivity contribution in [2.45, 2.75) is 12.4 Å². The van der Waals surface area contributed by atoms with E-state index in [0.717, 1.165) is 42.5 Å². The van der Waals surface area contributed by atoms with E-state index in [1.807, 2.05) is 0 Å². The van der Waals surface area contributed by atoms with Gasteiger partial charge in [-0.15, -0.1) is 0 Å². The summed E-state index contributed by atoms with van der Waals surface area (Å²) in [4.78, 5) is 12.5. The number of aromatic amines is 2. The number of halogens is 11. The summed E-state index contributed by atoms with van der Waals surface area (Å²) in [6, 6.07) is 5.08. The van der Waals surface area contributed by atoms with Crippen LogP contribution >= 0.6 is 0 Å². The minimum Gasteiger partial charge on any atom is -0.355 e. The van der Waals surface area contributed by atoms with Gasteiger partial charge in [0, 0.05) is 16.6 Å². The summed E-state index contributed by atoms with van der Waals surface area (Å²) in [6.45, 7) is 0. The van der Waals surface area contributed by atoms with Gasteiger partial charge in [-0.3, -0.25) is 0 Å². The molecule has 0 fully saturated rings. The van der Waals surface area contributed by atoms with Crippen LogP contribution in [0.4, 0.5) is 48.3 Å². The van der Waals surface area contributed by atoms with E-state index in [0.29, 0.717) is 6.07 Å². The van der Waals surface area contributed by atoms with Crippen LogP contribution in [0, 0.1) is 29.1 Å². The SMILES string of the molecule is Fc1c(F)c(F)c(-c2cc3cc4nc(c(C(F)(F)F)c5ccc(cc6nc(c(C(F)(F)F)c2[nH]3)C=C6)[nH]5)C=C4)c(F)c1F. The molecule has 1 aromatic carbocycles. The number of H-pyrrole nitrogens is 2. The maximum absolute atomic E-state index is 14.9. The molecule has 0 amide bonds. The lowest BCUT2D eigenvalue weighted by molar-refractivity contribution is -0.137. The van der Waals surface area contributed by atoms with E-state index in [9.17, 15) is 48.3 Å². The van der Waals surface area contributed by atoms with E-state index in [1.54, 1.807) is 0 Å². The third-order valence-electron chi connectivity index (χ3n) is 6.55. The molecule has 4 aromatic rings. The van der Waals surface area contributed by atoms with Crippen LogP contribution in [0.3, 0.4) is 0 Å². The van der Waals surface area contributed by atoms with Crippen LogP contribution in [-0.2, 0) is 12.4 Å². The molecule has 2 aliphatic rings. The van der Waals surface area contributed by atoms with Crippen molar-refractivity contribution in [2.75, 3.05) is 0 Å². The van der Waals surface area contributed by atoms with Crippen molar-refractivity contribution in [2.24, 2.45) is 0 Å². The highest BCUT2D eigenvalue weighted by Gasteiger charge is 2.39. The van der Waals surface area contributed by atoms with E-state index in [4.69, 9.17) is 0 Å². The van der Waals surface area contributed by atoms with Crippen molar-refractivity contribution in [3.05, 3.63) is 93.3 Å². The topological polar surface area (TPSA) is 57.4 Å². The van der Waals surface area contributed by atoms with Crippen LogP contribution in [0.2, 0.25) is 0 Å². The normalized spacial score (nSPS) is 13.3. The lowest BCUT2D eigenvalue weighted by Crippen LogP contribution is -2.09. The first-order chi connectivity index (χ1) is 20.1. The lowest BCUT2D eigenvalue weighted by Gasteiger charge is -2.11. The number of alkyl halides is 6. The highest BCUT2D eigenvalue weighted by molar-refractivity contribution is 5.91. The van der Waals surface area contributed by atoms with Crippen molar-refractivity contribution in [1.29, 1.82) is 0 Å². The van der Waals surface area contributed by atoms with Crippen LogP contribution in [-0.4, -0.2) is 19.9 Å². The zero-order chi connectivity index (χ0) is 31.0. The zero-order valence-corrected chi connectivity index (χ0v) is 20.7. The van der Waals surface area contributed by atoms with Gasteiger partial charge in [-0.25, -0.2) is 31.9 Å². The first kappa shape index (κ1) is 28.2. The molecule has 2 N–H and O–H groups in total. The Labute approximate surface area is 231 Å². The zero-order valence-electron chi connectivity index (χ0n) is 20.7. The van der Waals surface area contributed by atoms with Gasteiger partial charge in [0.2, 0.25) is 5.82 Å². The van der Waals surface area contributed by atoms with Gasteiger partial charge in [0.25, 0.3) is 0 Å². The molecule has 5 heterocycles. The van der Waals surface area contributed by atoms with Crippen LogP contribution in [0.5, 0.6) is 0 Å². The van der Waals surface area contributed by atoms with Gasteiger partial charge >= 0.3 is 12.4 Å². The van der Waals surface area contributed by atoms with Crippen molar-refractivity contribution in [3.8, 4) is 11.1 Å². The summed E-state index contributed by atoms with van der Waals surface area (Å²) in [6.07, 6.45) is -6.16. The van der Waals surface area contributed by atoms with E-state index in [-0.39, 0.29) is 16.9 Å². The fourth-order valence-corrected chi connectivity index (χ4v) is 4.80. The fraction of sp³-hybridized carbons (Fsp3) is 0.0714. The third-order valence-corrected chi connectivity index (χ3v) is 6.55. The van der Waals surface area contributed by atoms with Gasteiger partial charge < -0.3 is 9.97 Å². The van der Waals surface area contributed by atoms with Crippen LogP contribution < -0.4 is 0 Å². The van der Waals surface area contributed by atoms with Crippen LogP contribution in [0.1, 0.15) is 33.9 Å². The molecule has 15 heteroatoms. The van der Waals surface area contributed by atoms with Crippen molar-refractivity contribution in [1.82, 2.24) is 19.9 Å². The Morgan fingerprint density at radius 1 is 0.535 bits per heavy atom. The molecular weight excluding hydrogens is 601 g/mol.